The Kier molecular flexibility index (Phi) is 3.08. The van der Waals surface area contributed by atoms with Gasteiger partial charge >= 0.3 is 0 Å². The molecule has 0 saturated heterocycles. The number of nitro groups is 1. The molecular formula is C15H9ClN2O2. The zero-order chi connectivity index (χ0) is 14.1. The molecule has 20 heavy (non-hydrogen) atoms. The highest BCUT2D eigenvalue weighted by Gasteiger charge is 2.20. The summed E-state index contributed by atoms with van der Waals surface area (Å²) in [6.07, 6.45) is 1.28. The SMILES string of the molecule is O=[N+]([O-])c1cnc2ccccc2c1-c1ccccc1Cl. The van der Waals surface area contributed by atoms with E-state index in [0.29, 0.717) is 21.7 Å². The summed E-state index contributed by atoms with van der Waals surface area (Å²) in [5, 5.41) is 12.5. The van der Waals surface area contributed by atoms with Gasteiger partial charge in [-0.1, -0.05) is 48.0 Å². The fraction of sp³-hybridized carbons (Fsp3) is 0. The molecule has 1 heterocycles. The van der Waals surface area contributed by atoms with Crippen LogP contribution in [0.25, 0.3) is 22.0 Å². The van der Waals surface area contributed by atoms with Crippen molar-refractivity contribution in [2.24, 2.45) is 0 Å². The predicted molar refractivity (Wildman–Crippen MR) is 78.8 cm³/mol. The molecule has 2 aromatic carbocycles. The summed E-state index contributed by atoms with van der Waals surface area (Å²) in [7, 11) is 0. The Balaban J connectivity index is 2.45. The molecule has 0 N–H and O–H groups in total. The van der Waals surface area contributed by atoms with E-state index < -0.39 is 4.92 Å². The Morgan fingerprint density at radius 2 is 1.75 bits per heavy atom. The van der Waals surface area contributed by atoms with E-state index in [9.17, 15) is 10.1 Å². The molecule has 5 heteroatoms. The van der Waals surface area contributed by atoms with Crippen LogP contribution in [0.15, 0.2) is 54.7 Å². The quantitative estimate of drug-likeness (QED) is 0.515. The molecule has 0 radical (unpaired) electrons. The highest BCUT2D eigenvalue weighted by molar-refractivity contribution is 6.34. The van der Waals surface area contributed by atoms with E-state index in [1.807, 2.05) is 24.3 Å². The zero-order valence-corrected chi connectivity index (χ0v) is 11.0. The lowest BCUT2D eigenvalue weighted by Gasteiger charge is -2.08. The van der Waals surface area contributed by atoms with Crippen LogP contribution in [0, 0.1) is 10.1 Å². The van der Waals surface area contributed by atoms with Gasteiger partial charge in [-0.2, -0.15) is 0 Å². The number of pyridine rings is 1. The van der Waals surface area contributed by atoms with Crippen molar-refractivity contribution in [2.75, 3.05) is 0 Å². The van der Waals surface area contributed by atoms with Crippen molar-refractivity contribution >= 4 is 28.2 Å². The van der Waals surface area contributed by atoms with Gasteiger partial charge < -0.3 is 0 Å². The van der Waals surface area contributed by atoms with Crippen LogP contribution < -0.4 is 0 Å². The van der Waals surface area contributed by atoms with E-state index in [1.165, 1.54) is 6.20 Å². The second kappa shape index (κ2) is 4.90. The van der Waals surface area contributed by atoms with Gasteiger partial charge in [0.2, 0.25) is 0 Å². The second-order valence-corrected chi connectivity index (χ2v) is 4.68. The summed E-state index contributed by atoms with van der Waals surface area (Å²) in [6, 6.07) is 14.4. The molecule has 0 atom stereocenters. The van der Waals surface area contributed by atoms with E-state index in [1.54, 1.807) is 24.3 Å². The maximum Gasteiger partial charge on any atom is 0.296 e. The first-order chi connectivity index (χ1) is 9.68. The van der Waals surface area contributed by atoms with Crippen molar-refractivity contribution in [3.63, 3.8) is 0 Å². The largest absolute Gasteiger partial charge is 0.296 e. The van der Waals surface area contributed by atoms with Crippen LogP contribution in [-0.4, -0.2) is 9.91 Å². The van der Waals surface area contributed by atoms with Gasteiger partial charge in [-0.15, -0.1) is 0 Å². The maximum atomic E-state index is 11.3. The number of aromatic nitrogens is 1. The van der Waals surface area contributed by atoms with Crippen molar-refractivity contribution in [3.8, 4) is 11.1 Å². The van der Waals surface area contributed by atoms with E-state index >= 15 is 0 Å². The van der Waals surface area contributed by atoms with Crippen LogP contribution >= 0.6 is 11.6 Å². The molecule has 1 aromatic heterocycles. The summed E-state index contributed by atoms with van der Waals surface area (Å²) in [6.45, 7) is 0. The van der Waals surface area contributed by atoms with Crippen molar-refractivity contribution in [3.05, 3.63) is 69.9 Å². The Morgan fingerprint density at radius 3 is 2.50 bits per heavy atom. The van der Waals surface area contributed by atoms with Crippen LogP contribution in [0.5, 0.6) is 0 Å². The molecule has 0 fully saturated rings. The van der Waals surface area contributed by atoms with Gasteiger partial charge in [-0.3, -0.25) is 10.1 Å². The van der Waals surface area contributed by atoms with Crippen LogP contribution in [0.2, 0.25) is 5.02 Å². The van der Waals surface area contributed by atoms with Gasteiger partial charge in [0.05, 0.1) is 16.0 Å². The van der Waals surface area contributed by atoms with Crippen LogP contribution in [-0.2, 0) is 0 Å². The molecule has 3 aromatic rings. The van der Waals surface area contributed by atoms with Crippen molar-refractivity contribution < 1.29 is 4.92 Å². The standard InChI is InChI=1S/C15H9ClN2O2/c16-12-7-3-1-5-10(12)15-11-6-2-4-8-13(11)17-9-14(15)18(19)20/h1-9H. The summed E-state index contributed by atoms with van der Waals surface area (Å²) in [5.41, 5.74) is 1.80. The molecule has 98 valence electrons. The molecule has 0 aliphatic heterocycles. The Hall–Kier alpha value is -2.46. The lowest BCUT2D eigenvalue weighted by atomic mass is 9.99. The van der Waals surface area contributed by atoms with E-state index in [2.05, 4.69) is 4.98 Å². The third-order valence-electron chi connectivity index (χ3n) is 3.10. The Morgan fingerprint density at radius 1 is 1.05 bits per heavy atom. The summed E-state index contributed by atoms with van der Waals surface area (Å²) in [4.78, 5) is 15.0. The number of halogens is 1. The van der Waals surface area contributed by atoms with Gasteiger partial charge in [0.1, 0.15) is 6.20 Å². The smallest absolute Gasteiger partial charge is 0.258 e. The fourth-order valence-electron chi connectivity index (χ4n) is 2.22. The Bertz CT molecular complexity index is 818. The summed E-state index contributed by atoms with van der Waals surface area (Å²) in [5.74, 6) is 0. The van der Waals surface area contributed by atoms with Crippen molar-refractivity contribution in [2.45, 2.75) is 0 Å². The minimum absolute atomic E-state index is 0.0446. The molecule has 0 amide bonds. The third kappa shape index (κ3) is 2.00. The van der Waals surface area contributed by atoms with E-state index in [0.717, 1.165) is 5.39 Å². The number of hydrogen-bond acceptors (Lipinski definition) is 3. The van der Waals surface area contributed by atoms with Crippen LogP contribution in [0.1, 0.15) is 0 Å². The molecule has 0 bridgehead atoms. The first-order valence-corrected chi connectivity index (χ1v) is 6.33. The molecule has 0 aliphatic carbocycles. The lowest BCUT2D eigenvalue weighted by molar-refractivity contribution is -0.384. The molecule has 3 rings (SSSR count). The van der Waals surface area contributed by atoms with E-state index in [-0.39, 0.29) is 5.69 Å². The first kappa shape index (κ1) is 12.6. The monoisotopic (exact) mass is 284 g/mol. The van der Waals surface area contributed by atoms with Gasteiger partial charge in [-0.05, 0) is 12.1 Å². The molecule has 0 unspecified atom stereocenters. The fourth-order valence-corrected chi connectivity index (χ4v) is 2.45. The number of rotatable bonds is 2. The molecular weight excluding hydrogens is 276 g/mol. The number of fused-ring (bicyclic) bond motifs is 1. The molecule has 0 saturated carbocycles. The molecule has 0 aliphatic rings. The number of benzene rings is 2. The van der Waals surface area contributed by atoms with Gasteiger partial charge in [0.25, 0.3) is 5.69 Å². The van der Waals surface area contributed by atoms with E-state index in [4.69, 9.17) is 11.6 Å². The minimum Gasteiger partial charge on any atom is -0.258 e. The van der Waals surface area contributed by atoms with Crippen LogP contribution in [0.3, 0.4) is 0 Å². The highest BCUT2D eigenvalue weighted by atomic mass is 35.5. The highest BCUT2D eigenvalue weighted by Crippen LogP contribution is 2.38. The Labute approximate surface area is 119 Å². The lowest BCUT2D eigenvalue weighted by Crippen LogP contribution is -1.95. The van der Waals surface area contributed by atoms with Crippen LogP contribution in [0.4, 0.5) is 5.69 Å². The number of para-hydroxylation sites is 1. The molecule has 0 spiro atoms. The molecule has 4 nitrogen and oxygen atoms in total. The summed E-state index contributed by atoms with van der Waals surface area (Å²) >= 11 is 6.19. The topological polar surface area (TPSA) is 56.0 Å². The zero-order valence-electron chi connectivity index (χ0n) is 10.3. The van der Waals surface area contributed by atoms with Crippen molar-refractivity contribution in [1.82, 2.24) is 4.98 Å². The number of hydrogen-bond donors (Lipinski definition) is 0. The van der Waals surface area contributed by atoms with Gasteiger partial charge in [0, 0.05) is 16.0 Å². The van der Waals surface area contributed by atoms with Gasteiger partial charge in [-0.25, -0.2) is 4.98 Å². The average Bonchev–Trinajstić information content (AvgIpc) is 2.46. The third-order valence-corrected chi connectivity index (χ3v) is 3.42. The second-order valence-electron chi connectivity index (χ2n) is 4.27. The summed E-state index contributed by atoms with van der Waals surface area (Å²) < 4.78 is 0. The first-order valence-electron chi connectivity index (χ1n) is 5.95. The van der Waals surface area contributed by atoms with Crippen molar-refractivity contribution in [1.29, 1.82) is 0 Å². The van der Waals surface area contributed by atoms with Gasteiger partial charge in [0.15, 0.2) is 0 Å². The average molecular weight is 285 g/mol. The predicted octanol–water partition coefficient (Wildman–Crippen LogP) is 4.46. The maximum absolute atomic E-state index is 11.3. The normalized spacial score (nSPS) is 10.7. The minimum atomic E-state index is -0.432. The number of nitrogens with zero attached hydrogens (tertiary/aromatic N) is 2.